The molecule has 0 heterocycles. The Kier molecular flexibility index (Phi) is 6.88. The quantitative estimate of drug-likeness (QED) is 0.589. The van der Waals surface area contributed by atoms with E-state index in [0.29, 0.717) is 0 Å². The Hall–Kier alpha value is -1.88. The Morgan fingerprint density at radius 3 is 2.33 bits per heavy atom. The van der Waals surface area contributed by atoms with Gasteiger partial charge in [-0.1, -0.05) is 32.9 Å². The van der Waals surface area contributed by atoms with Gasteiger partial charge in [0.2, 0.25) is 0 Å². The molecule has 1 aromatic rings. The summed E-state index contributed by atoms with van der Waals surface area (Å²) in [6, 6.07) is 6.29. The second-order valence-corrected chi connectivity index (χ2v) is 4.76. The number of esters is 1. The van der Waals surface area contributed by atoms with Gasteiger partial charge < -0.3 is 14.7 Å². The molecule has 0 aromatic heterocycles. The summed E-state index contributed by atoms with van der Waals surface area (Å²) >= 11 is 0. The molecule has 0 aliphatic carbocycles. The summed E-state index contributed by atoms with van der Waals surface area (Å²) < 4.78 is 5.23. The van der Waals surface area contributed by atoms with E-state index in [2.05, 4.69) is 18.7 Å². The van der Waals surface area contributed by atoms with Crippen molar-refractivity contribution >= 4 is 11.9 Å². The monoisotopic (exact) mass is 293 g/mol. The van der Waals surface area contributed by atoms with Crippen molar-refractivity contribution in [1.82, 2.24) is 4.90 Å². The van der Waals surface area contributed by atoms with Crippen molar-refractivity contribution in [2.24, 2.45) is 0 Å². The fourth-order valence-electron chi connectivity index (χ4n) is 2.36. The lowest BCUT2D eigenvalue weighted by Crippen LogP contribution is -2.37. The number of ether oxygens (including phenoxy) is 1. The molecule has 1 atom stereocenters. The molecule has 5 heteroatoms. The Morgan fingerprint density at radius 1 is 1.19 bits per heavy atom. The minimum atomic E-state index is -1.10. The lowest BCUT2D eigenvalue weighted by atomic mass is 10.1. The Labute approximate surface area is 125 Å². The highest BCUT2D eigenvalue weighted by Gasteiger charge is 2.20. The predicted molar refractivity (Wildman–Crippen MR) is 80.7 cm³/mol. The zero-order valence-electron chi connectivity index (χ0n) is 12.8. The first kappa shape index (κ1) is 17.2. The molecule has 5 nitrogen and oxygen atoms in total. The molecule has 1 unspecified atom stereocenters. The highest BCUT2D eigenvalue weighted by atomic mass is 16.5. The largest absolute Gasteiger partial charge is 0.478 e. The topological polar surface area (TPSA) is 66.8 Å². The van der Waals surface area contributed by atoms with E-state index < -0.39 is 11.9 Å². The standard InChI is InChI=1S/C16H23NO4/c1-4-12(17(5-2)6-3)11-15(18)21-14-10-8-7-9-13(14)16(19)20/h7-10,12H,4-6,11H2,1-3H3,(H,19,20). The third-order valence-corrected chi connectivity index (χ3v) is 3.54. The van der Waals surface area contributed by atoms with Gasteiger partial charge in [0, 0.05) is 6.04 Å². The molecular weight excluding hydrogens is 270 g/mol. The van der Waals surface area contributed by atoms with E-state index in [4.69, 9.17) is 9.84 Å². The molecule has 0 spiro atoms. The molecule has 0 aliphatic rings. The number of rotatable bonds is 8. The van der Waals surface area contributed by atoms with Crippen molar-refractivity contribution in [2.75, 3.05) is 13.1 Å². The van der Waals surface area contributed by atoms with E-state index in [1.54, 1.807) is 12.1 Å². The molecule has 1 rings (SSSR count). The van der Waals surface area contributed by atoms with Gasteiger partial charge in [-0.2, -0.15) is 0 Å². The van der Waals surface area contributed by atoms with E-state index in [1.807, 2.05) is 6.92 Å². The number of carbonyl (C=O) groups is 2. The van der Waals surface area contributed by atoms with Crippen LogP contribution in [-0.4, -0.2) is 41.1 Å². The summed E-state index contributed by atoms with van der Waals surface area (Å²) in [5, 5.41) is 9.07. The first-order valence-corrected chi connectivity index (χ1v) is 7.30. The van der Waals surface area contributed by atoms with Crippen LogP contribution in [0.15, 0.2) is 24.3 Å². The Bertz CT molecular complexity index is 483. The SMILES string of the molecule is CCC(CC(=O)Oc1ccccc1C(=O)O)N(CC)CC. The lowest BCUT2D eigenvalue weighted by Gasteiger charge is -2.27. The Morgan fingerprint density at radius 2 is 1.81 bits per heavy atom. The number of para-hydroxylation sites is 1. The van der Waals surface area contributed by atoms with Gasteiger partial charge in [0.15, 0.2) is 0 Å². The second-order valence-electron chi connectivity index (χ2n) is 4.76. The van der Waals surface area contributed by atoms with E-state index >= 15 is 0 Å². The van der Waals surface area contributed by atoms with Gasteiger partial charge in [0.05, 0.1) is 6.42 Å². The first-order valence-electron chi connectivity index (χ1n) is 7.30. The van der Waals surface area contributed by atoms with E-state index in [9.17, 15) is 9.59 Å². The minimum absolute atomic E-state index is 0.00161. The predicted octanol–water partition coefficient (Wildman–Crippen LogP) is 2.80. The molecule has 1 aromatic carbocycles. The maximum atomic E-state index is 12.1. The zero-order valence-corrected chi connectivity index (χ0v) is 12.8. The van der Waals surface area contributed by atoms with E-state index in [1.165, 1.54) is 12.1 Å². The number of carboxylic acids is 1. The summed E-state index contributed by atoms with van der Waals surface area (Å²) in [6.07, 6.45) is 1.10. The molecule has 0 radical (unpaired) electrons. The molecule has 0 bridgehead atoms. The van der Waals surface area contributed by atoms with Crippen molar-refractivity contribution in [3.05, 3.63) is 29.8 Å². The first-order chi connectivity index (χ1) is 10.0. The van der Waals surface area contributed by atoms with Crippen LogP contribution < -0.4 is 4.74 Å². The molecule has 1 N–H and O–H groups in total. The fraction of sp³-hybridized carbons (Fsp3) is 0.500. The van der Waals surface area contributed by atoms with Crippen LogP contribution in [-0.2, 0) is 4.79 Å². The number of hydrogen-bond acceptors (Lipinski definition) is 4. The highest BCUT2D eigenvalue weighted by molar-refractivity contribution is 5.92. The van der Waals surface area contributed by atoms with Gasteiger partial charge in [-0.3, -0.25) is 4.79 Å². The molecule has 0 saturated carbocycles. The molecule has 0 amide bonds. The van der Waals surface area contributed by atoms with Gasteiger partial charge in [0.25, 0.3) is 0 Å². The lowest BCUT2D eigenvalue weighted by molar-refractivity contribution is -0.135. The van der Waals surface area contributed by atoms with Crippen molar-refractivity contribution in [3.63, 3.8) is 0 Å². The van der Waals surface area contributed by atoms with Crippen LogP contribution in [0.4, 0.5) is 0 Å². The molecule has 0 aliphatic heterocycles. The number of carbonyl (C=O) groups excluding carboxylic acids is 1. The van der Waals surface area contributed by atoms with Crippen LogP contribution >= 0.6 is 0 Å². The number of benzene rings is 1. The van der Waals surface area contributed by atoms with Gasteiger partial charge in [-0.25, -0.2) is 4.79 Å². The fourth-order valence-corrected chi connectivity index (χ4v) is 2.36. The molecule has 21 heavy (non-hydrogen) atoms. The third kappa shape index (κ3) is 4.86. The zero-order chi connectivity index (χ0) is 15.8. The second kappa shape index (κ2) is 8.42. The van der Waals surface area contributed by atoms with E-state index in [-0.39, 0.29) is 23.8 Å². The summed E-state index contributed by atoms with van der Waals surface area (Å²) in [4.78, 5) is 25.3. The normalized spacial score (nSPS) is 12.2. The maximum Gasteiger partial charge on any atom is 0.339 e. The van der Waals surface area contributed by atoms with Gasteiger partial charge in [0.1, 0.15) is 11.3 Å². The molecule has 0 fully saturated rings. The average molecular weight is 293 g/mol. The van der Waals surface area contributed by atoms with Crippen LogP contribution in [0.2, 0.25) is 0 Å². The third-order valence-electron chi connectivity index (χ3n) is 3.54. The van der Waals surface area contributed by atoms with Gasteiger partial charge in [-0.15, -0.1) is 0 Å². The number of hydrogen-bond donors (Lipinski definition) is 1. The molecule has 0 saturated heterocycles. The smallest absolute Gasteiger partial charge is 0.339 e. The number of aromatic carboxylic acids is 1. The summed E-state index contributed by atoms with van der Waals surface area (Å²) in [6.45, 7) is 7.87. The maximum absolute atomic E-state index is 12.1. The van der Waals surface area contributed by atoms with Gasteiger partial charge in [-0.05, 0) is 31.6 Å². The summed E-state index contributed by atoms with van der Waals surface area (Å²) in [7, 11) is 0. The van der Waals surface area contributed by atoms with E-state index in [0.717, 1.165) is 19.5 Å². The van der Waals surface area contributed by atoms with Crippen LogP contribution in [0.1, 0.15) is 44.0 Å². The summed E-state index contributed by atoms with van der Waals surface area (Å²) in [5.74, 6) is -1.40. The average Bonchev–Trinajstić information content (AvgIpc) is 2.47. The highest BCUT2D eigenvalue weighted by Crippen LogP contribution is 2.19. The number of nitrogens with zero attached hydrogens (tertiary/aromatic N) is 1. The van der Waals surface area contributed by atoms with Crippen molar-refractivity contribution in [3.8, 4) is 5.75 Å². The van der Waals surface area contributed by atoms with Crippen LogP contribution in [0.25, 0.3) is 0 Å². The van der Waals surface area contributed by atoms with Crippen molar-refractivity contribution in [2.45, 2.75) is 39.7 Å². The number of carboxylic acid groups (broad SMARTS) is 1. The Balaban J connectivity index is 2.75. The van der Waals surface area contributed by atoms with Crippen LogP contribution in [0.5, 0.6) is 5.75 Å². The minimum Gasteiger partial charge on any atom is -0.478 e. The van der Waals surface area contributed by atoms with Crippen molar-refractivity contribution < 1.29 is 19.4 Å². The van der Waals surface area contributed by atoms with Crippen LogP contribution in [0, 0.1) is 0 Å². The van der Waals surface area contributed by atoms with Crippen LogP contribution in [0.3, 0.4) is 0 Å². The molecule has 116 valence electrons. The van der Waals surface area contributed by atoms with Crippen molar-refractivity contribution in [1.29, 1.82) is 0 Å². The summed E-state index contributed by atoms with van der Waals surface area (Å²) in [5.41, 5.74) is 0.00161. The van der Waals surface area contributed by atoms with Gasteiger partial charge >= 0.3 is 11.9 Å². The molecular formula is C16H23NO4.